The Bertz CT molecular complexity index is 1400. The molecule has 0 fully saturated rings. The van der Waals surface area contributed by atoms with E-state index in [4.69, 9.17) is 8.83 Å². The van der Waals surface area contributed by atoms with E-state index in [1.165, 1.54) is 39.5 Å². The second kappa shape index (κ2) is 5.88. The van der Waals surface area contributed by atoms with Crippen LogP contribution in [0, 0.1) is 0 Å². The van der Waals surface area contributed by atoms with Crippen molar-refractivity contribution in [1.29, 1.82) is 0 Å². The lowest BCUT2D eigenvalue weighted by Gasteiger charge is -2.08. The third-order valence-electron chi connectivity index (χ3n) is 4.31. The Balaban J connectivity index is 1.74. The van der Waals surface area contributed by atoms with Crippen LogP contribution in [0.2, 0.25) is 0 Å². The topological polar surface area (TPSA) is 116 Å². The Hall–Kier alpha value is -3.27. The number of sulfonamides is 1. The first-order chi connectivity index (χ1) is 12.8. The van der Waals surface area contributed by atoms with Gasteiger partial charge in [-0.15, -0.1) is 0 Å². The quantitative estimate of drug-likeness (QED) is 0.569. The van der Waals surface area contributed by atoms with Crippen molar-refractivity contribution in [3.8, 4) is 0 Å². The maximum Gasteiger partial charge on any atom is 0.419 e. The number of aryl methyl sites for hydroxylation is 2. The molecular weight excluding hydrogens is 374 g/mol. The third kappa shape index (κ3) is 2.74. The molecule has 2 heterocycles. The number of hydrogen-bond donors (Lipinski definition) is 1. The SMILES string of the molecule is CCn1c(=O)oc2cc(S(=O)(=O)Nc3ccc4c(c3)oc(=O)n4C)ccc21. The molecule has 0 aliphatic carbocycles. The van der Waals surface area contributed by atoms with Gasteiger partial charge < -0.3 is 8.83 Å². The molecule has 0 amide bonds. The molecule has 0 saturated carbocycles. The highest BCUT2D eigenvalue weighted by Gasteiger charge is 2.18. The summed E-state index contributed by atoms with van der Waals surface area (Å²) in [5.41, 5.74) is 1.77. The van der Waals surface area contributed by atoms with Crippen LogP contribution in [0.5, 0.6) is 0 Å². The molecule has 0 bridgehead atoms. The molecule has 4 aromatic rings. The van der Waals surface area contributed by atoms with Gasteiger partial charge in [-0.25, -0.2) is 18.0 Å². The van der Waals surface area contributed by atoms with Crippen LogP contribution in [0.3, 0.4) is 0 Å². The lowest BCUT2D eigenvalue weighted by molar-refractivity contribution is 0.512. The normalized spacial score (nSPS) is 12.1. The number of oxazole rings is 2. The molecule has 0 aliphatic heterocycles. The maximum absolute atomic E-state index is 12.7. The van der Waals surface area contributed by atoms with Crippen LogP contribution in [0.1, 0.15) is 6.92 Å². The van der Waals surface area contributed by atoms with Gasteiger partial charge in [-0.2, -0.15) is 0 Å². The van der Waals surface area contributed by atoms with E-state index in [0.29, 0.717) is 17.6 Å². The second-order valence-electron chi connectivity index (χ2n) is 5.96. The van der Waals surface area contributed by atoms with Gasteiger partial charge in [0.05, 0.1) is 21.6 Å². The molecule has 0 saturated heterocycles. The summed E-state index contributed by atoms with van der Waals surface area (Å²) >= 11 is 0. The second-order valence-corrected chi connectivity index (χ2v) is 7.64. The molecule has 2 aromatic carbocycles. The van der Waals surface area contributed by atoms with Gasteiger partial charge >= 0.3 is 11.5 Å². The maximum atomic E-state index is 12.7. The van der Waals surface area contributed by atoms with Crippen LogP contribution >= 0.6 is 0 Å². The van der Waals surface area contributed by atoms with E-state index in [-0.39, 0.29) is 21.7 Å². The first-order valence-electron chi connectivity index (χ1n) is 8.06. The molecular formula is C17H15N3O6S. The molecule has 0 unspecified atom stereocenters. The molecule has 0 aliphatic rings. The average Bonchev–Trinajstić information content (AvgIpc) is 3.09. The lowest BCUT2D eigenvalue weighted by Crippen LogP contribution is -2.13. The minimum atomic E-state index is -3.93. The molecule has 0 radical (unpaired) electrons. The fraction of sp³-hybridized carbons (Fsp3) is 0.176. The van der Waals surface area contributed by atoms with E-state index in [9.17, 15) is 18.0 Å². The molecule has 27 heavy (non-hydrogen) atoms. The van der Waals surface area contributed by atoms with E-state index in [0.717, 1.165) is 0 Å². The van der Waals surface area contributed by atoms with Crippen molar-refractivity contribution in [2.75, 3.05) is 4.72 Å². The zero-order valence-electron chi connectivity index (χ0n) is 14.4. The predicted molar refractivity (Wildman–Crippen MR) is 98.4 cm³/mol. The van der Waals surface area contributed by atoms with Gasteiger partial charge in [0, 0.05) is 25.7 Å². The van der Waals surface area contributed by atoms with E-state index in [1.54, 1.807) is 20.0 Å². The van der Waals surface area contributed by atoms with Gasteiger partial charge in [0.25, 0.3) is 10.0 Å². The minimum absolute atomic E-state index is 0.0541. The smallest absolute Gasteiger partial charge is 0.408 e. The Morgan fingerprint density at radius 1 is 0.963 bits per heavy atom. The number of rotatable bonds is 4. The van der Waals surface area contributed by atoms with Crippen molar-refractivity contribution >= 4 is 37.9 Å². The van der Waals surface area contributed by atoms with Crippen LogP contribution in [-0.4, -0.2) is 17.6 Å². The summed E-state index contributed by atoms with van der Waals surface area (Å²) in [4.78, 5) is 23.3. The van der Waals surface area contributed by atoms with Crippen LogP contribution < -0.4 is 16.2 Å². The minimum Gasteiger partial charge on any atom is -0.408 e. The summed E-state index contributed by atoms with van der Waals surface area (Å²) in [7, 11) is -2.38. The van der Waals surface area contributed by atoms with Crippen molar-refractivity contribution in [2.45, 2.75) is 18.4 Å². The third-order valence-corrected chi connectivity index (χ3v) is 5.69. The van der Waals surface area contributed by atoms with Crippen LogP contribution in [-0.2, 0) is 23.6 Å². The summed E-state index contributed by atoms with van der Waals surface area (Å²) in [5, 5.41) is 0. The van der Waals surface area contributed by atoms with Crippen LogP contribution in [0.25, 0.3) is 22.2 Å². The highest BCUT2D eigenvalue weighted by Crippen LogP contribution is 2.23. The largest absolute Gasteiger partial charge is 0.419 e. The van der Waals surface area contributed by atoms with Crippen molar-refractivity contribution in [3.05, 3.63) is 57.5 Å². The Labute approximate surface area is 152 Å². The fourth-order valence-electron chi connectivity index (χ4n) is 2.92. The predicted octanol–water partition coefficient (Wildman–Crippen LogP) is 1.86. The van der Waals surface area contributed by atoms with Gasteiger partial charge in [-0.05, 0) is 31.2 Å². The number of fused-ring (bicyclic) bond motifs is 2. The van der Waals surface area contributed by atoms with Gasteiger partial charge in [0.15, 0.2) is 11.2 Å². The average molecular weight is 389 g/mol. The number of benzene rings is 2. The van der Waals surface area contributed by atoms with Crippen LogP contribution in [0.15, 0.2) is 59.7 Å². The Morgan fingerprint density at radius 2 is 1.63 bits per heavy atom. The molecule has 1 N–H and O–H groups in total. The zero-order valence-corrected chi connectivity index (χ0v) is 15.2. The van der Waals surface area contributed by atoms with E-state index in [1.807, 2.05) is 0 Å². The van der Waals surface area contributed by atoms with Gasteiger partial charge in [-0.1, -0.05) is 0 Å². The van der Waals surface area contributed by atoms with Crippen molar-refractivity contribution < 1.29 is 17.3 Å². The number of nitrogens with one attached hydrogen (secondary N) is 1. The zero-order chi connectivity index (χ0) is 19.3. The molecule has 0 atom stereocenters. The summed E-state index contributed by atoms with van der Waals surface area (Å²) < 4.78 is 40.7. The van der Waals surface area contributed by atoms with Crippen molar-refractivity contribution in [3.63, 3.8) is 0 Å². The van der Waals surface area contributed by atoms with Gasteiger partial charge in [0.2, 0.25) is 0 Å². The van der Waals surface area contributed by atoms with Crippen molar-refractivity contribution in [2.24, 2.45) is 7.05 Å². The lowest BCUT2D eigenvalue weighted by atomic mass is 10.3. The van der Waals surface area contributed by atoms with Gasteiger partial charge in [0.1, 0.15) is 0 Å². The Kier molecular flexibility index (Phi) is 3.74. The van der Waals surface area contributed by atoms with Crippen LogP contribution in [0.4, 0.5) is 5.69 Å². The summed E-state index contributed by atoms with van der Waals surface area (Å²) in [5.74, 6) is -1.08. The summed E-state index contributed by atoms with van der Waals surface area (Å²) in [6.45, 7) is 2.21. The highest BCUT2D eigenvalue weighted by molar-refractivity contribution is 7.92. The number of aromatic nitrogens is 2. The molecule has 4 rings (SSSR count). The highest BCUT2D eigenvalue weighted by atomic mass is 32.2. The fourth-order valence-corrected chi connectivity index (χ4v) is 3.99. The number of nitrogens with zero attached hydrogens (tertiary/aromatic N) is 2. The van der Waals surface area contributed by atoms with E-state index in [2.05, 4.69) is 4.72 Å². The summed E-state index contributed by atoms with van der Waals surface area (Å²) in [6, 6.07) is 8.76. The molecule has 9 nitrogen and oxygen atoms in total. The standard InChI is InChI=1S/C17H15N3O6S/c1-3-20-13-7-5-11(9-15(13)26-17(20)22)27(23,24)18-10-4-6-12-14(8-10)25-16(21)19(12)2/h4-9,18H,3H2,1-2H3. The van der Waals surface area contributed by atoms with Gasteiger partial charge in [-0.3, -0.25) is 13.9 Å². The Morgan fingerprint density at radius 3 is 2.37 bits per heavy atom. The van der Waals surface area contributed by atoms with Crippen molar-refractivity contribution in [1.82, 2.24) is 9.13 Å². The van der Waals surface area contributed by atoms with E-state index >= 15 is 0 Å². The molecule has 10 heteroatoms. The first kappa shape index (κ1) is 17.2. The summed E-state index contributed by atoms with van der Waals surface area (Å²) in [6.07, 6.45) is 0. The monoisotopic (exact) mass is 389 g/mol. The van der Waals surface area contributed by atoms with E-state index < -0.39 is 21.5 Å². The number of hydrogen-bond acceptors (Lipinski definition) is 6. The first-order valence-corrected chi connectivity index (χ1v) is 9.54. The molecule has 0 spiro atoms. The number of anilines is 1. The molecule has 2 aromatic heterocycles. The molecule has 140 valence electrons.